The van der Waals surface area contributed by atoms with Gasteiger partial charge in [0.15, 0.2) is 0 Å². The Balaban J connectivity index is 1.95. The number of nitrogens with zero attached hydrogens (tertiary/aromatic N) is 1. The molecule has 0 saturated carbocycles. The number of rotatable bonds is 5. The first-order valence-electron chi connectivity index (χ1n) is 6.80. The van der Waals surface area contributed by atoms with Crippen molar-refractivity contribution in [2.24, 2.45) is 5.92 Å². The Bertz CT molecular complexity index is 436. The lowest BCUT2D eigenvalue weighted by Crippen LogP contribution is -2.32. The predicted octanol–water partition coefficient (Wildman–Crippen LogP) is 1.67. The zero-order valence-corrected chi connectivity index (χ0v) is 11.5. The van der Waals surface area contributed by atoms with Gasteiger partial charge in [0.25, 0.3) is 5.91 Å². The van der Waals surface area contributed by atoms with Gasteiger partial charge in [0.1, 0.15) is 0 Å². The van der Waals surface area contributed by atoms with Crippen LogP contribution in [0.3, 0.4) is 0 Å². The van der Waals surface area contributed by atoms with E-state index in [1.165, 1.54) is 0 Å². The maximum absolute atomic E-state index is 12.2. The van der Waals surface area contributed by atoms with Crippen molar-refractivity contribution in [1.82, 2.24) is 10.3 Å². The summed E-state index contributed by atoms with van der Waals surface area (Å²) >= 11 is 0. The summed E-state index contributed by atoms with van der Waals surface area (Å²) < 4.78 is 5.49. The molecule has 1 saturated heterocycles. The van der Waals surface area contributed by atoms with Crippen LogP contribution in [0.25, 0.3) is 0 Å². The van der Waals surface area contributed by atoms with E-state index in [4.69, 9.17) is 4.74 Å². The summed E-state index contributed by atoms with van der Waals surface area (Å²) in [5, 5.41) is 6.13. The number of amides is 1. The number of pyridine rings is 1. The number of carbonyl (C=O) groups is 1. The molecule has 1 aliphatic rings. The molecular formula is C14H21N3O2. The van der Waals surface area contributed by atoms with E-state index >= 15 is 0 Å². The molecule has 0 radical (unpaired) electrons. The minimum Gasteiger partial charge on any atom is -0.383 e. The second-order valence-corrected chi connectivity index (χ2v) is 4.79. The molecular weight excluding hydrogens is 242 g/mol. The molecule has 1 aromatic heterocycles. The first kappa shape index (κ1) is 13.8. The highest BCUT2D eigenvalue weighted by atomic mass is 16.5. The summed E-state index contributed by atoms with van der Waals surface area (Å²) in [7, 11) is 0. The quantitative estimate of drug-likeness (QED) is 0.848. The van der Waals surface area contributed by atoms with Crippen LogP contribution in [0.4, 0.5) is 5.69 Å². The molecule has 1 fully saturated rings. The fraction of sp³-hybridized carbons (Fsp3) is 0.571. The lowest BCUT2D eigenvalue weighted by Gasteiger charge is -2.15. The second-order valence-electron chi connectivity index (χ2n) is 4.79. The van der Waals surface area contributed by atoms with Gasteiger partial charge in [-0.1, -0.05) is 0 Å². The zero-order chi connectivity index (χ0) is 13.7. The van der Waals surface area contributed by atoms with Gasteiger partial charge in [-0.2, -0.15) is 0 Å². The molecule has 0 aromatic carbocycles. The van der Waals surface area contributed by atoms with E-state index in [1.54, 1.807) is 18.5 Å². The van der Waals surface area contributed by atoms with Crippen LogP contribution in [0.1, 0.15) is 30.6 Å². The molecule has 5 heteroatoms. The highest BCUT2D eigenvalue weighted by Gasteiger charge is 2.24. The van der Waals surface area contributed by atoms with Gasteiger partial charge in [-0.05, 0) is 26.3 Å². The third-order valence-electron chi connectivity index (χ3n) is 3.49. The first-order chi connectivity index (χ1) is 9.22. The van der Waals surface area contributed by atoms with Crippen LogP contribution in [0.2, 0.25) is 0 Å². The van der Waals surface area contributed by atoms with Crippen LogP contribution in [-0.2, 0) is 4.74 Å². The summed E-state index contributed by atoms with van der Waals surface area (Å²) in [5.41, 5.74) is 1.42. The van der Waals surface area contributed by atoms with Crippen molar-refractivity contribution in [2.75, 3.05) is 25.0 Å². The van der Waals surface area contributed by atoms with Crippen molar-refractivity contribution >= 4 is 11.6 Å². The molecule has 0 bridgehead atoms. The molecule has 19 heavy (non-hydrogen) atoms. The predicted molar refractivity (Wildman–Crippen MR) is 74.3 cm³/mol. The Morgan fingerprint density at radius 2 is 2.42 bits per heavy atom. The lowest BCUT2D eigenvalue weighted by molar-refractivity contribution is 0.0908. The Morgan fingerprint density at radius 3 is 3.11 bits per heavy atom. The van der Waals surface area contributed by atoms with Crippen molar-refractivity contribution < 1.29 is 9.53 Å². The van der Waals surface area contributed by atoms with E-state index in [-0.39, 0.29) is 12.0 Å². The van der Waals surface area contributed by atoms with Crippen molar-refractivity contribution in [3.8, 4) is 0 Å². The largest absolute Gasteiger partial charge is 0.383 e. The van der Waals surface area contributed by atoms with E-state index < -0.39 is 0 Å². The molecule has 0 spiro atoms. The molecule has 2 rings (SSSR count). The third kappa shape index (κ3) is 3.44. The van der Waals surface area contributed by atoms with Crippen LogP contribution in [0.15, 0.2) is 18.5 Å². The zero-order valence-electron chi connectivity index (χ0n) is 11.5. The highest BCUT2D eigenvalue weighted by molar-refractivity contribution is 5.99. The van der Waals surface area contributed by atoms with Crippen molar-refractivity contribution in [2.45, 2.75) is 26.4 Å². The van der Waals surface area contributed by atoms with Crippen molar-refractivity contribution in [3.05, 3.63) is 24.0 Å². The smallest absolute Gasteiger partial charge is 0.253 e. The molecule has 2 unspecified atom stereocenters. The minimum absolute atomic E-state index is 0.0579. The lowest BCUT2D eigenvalue weighted by atomic mass is 10.0. The van der Waals surface area contributed by atoms with E-state index in [0.717, 1.165) is 25.3 Å². The van der Waals surface area contributed by atoms with Gasteiger partial charge < -0.3 is 15.4 Å². The first-order valence-corrected chi connectivity index (χ1v) is 6.80. The van der Waals surface area contributed by atoms with E-state index in [9.17, 15) is 4.79 Å². The molecule has 5 nitrogen and oxygen atoms in total. The third-order valence-corrected chi connectivity index (χ3v) is 3.49. The Labute approximate surface area is 113 Å². The molecule has 2 N–H and O–H groups in total. The number of carbonyl (C=O) groups excluding carboxylic acids is 1. The van der Waals surface area contributed by atoms with Crippen molar-refractivity contribution in [1.29, 1.82) is 0 Å². The maximum atomic E-state index is 12.2. The Morgan fingerprint density at radius 1 is 1.58 bits per heavy atom. The standard InChI is InChI=1S/C14H21N3O2/c1-3-16-13-9-15-6-4-12(13)14(18)17-8-11-5-7-19-10(11)2/h4,6,9-11,16H,3,5,7-8H2,1-2H3,(H,17,18). The number of anilines is 1. The SMILES string of the molecule is CCNc1cnccc1C(=O)NCC1CCOC1C. The van der Waals surface area contributed by atoms with E-state index in [2.05, 4.69) is 22.5 Å². The van der Waals surface area contributed by atoms with Gasteiger partial charge in [-0.3, -0.25) is 9.78 Å². The molecule has 2 heterocycles. The Kier molecular flexibility index (Phi) is 4.74. The number of hydrogen-bond acceptors (Lipinski definition) is 4. The average Bonchev–Trinajstić information content (AvgIpc) is 2.82. The number of aromatic nitrogens is 1. The van der Waals surface area contributed by atoms with Gasteiger partial charge >= 0.3 is 0 Å². The van der Waals surface area contributed by atoms with Crippen LogP contribution in [0.5, 0.6) is 0 Å². The van der Waals surface area contributed by atoms with Gasteiger partial charge in [-0.25, -0.2) is 0 Å². The average molecular weight is 263 g/mol. The summed E-state index contributed by atoms with van der Waals surface area (Å²) in [6.45, 7) is 6.26. The minimum atomic E-state index is -0.0579. The van der Waals surface area contributed by atoms with Crippen LogP contribution >= 0.6 is 0 Å². The van der Waals surface area contributed by atoms with Crippen LogP contribution in [0, 0.1) is 5.92 Å². The van der Waals surface area contributed by atoms with Gasteiger partial charge in [0.05, 0.1) is 23.6 Å². The van der Waals surface area contributed by atoms with E-state index in [1.807, 2.05) is 6.92 Å². The van der Waals surface area contributed by atoms with Gasteiger partial charge in [-0.15, -0.1) is 0 Å². The van der Waals surface area contributed by atoms with Crippen molar-refractivity contribution in [3.63, 3.8) is 0 Å². The number of hydrogen-bond donors (Lipinski definition) is 2. The normalized spacial score (nSPS) is 22.2. The number of nitrogens with one attached hydrogen (secondary N) is 2. The molecule has 0 aliphatic carbocycles. The van der Waals surface area contributed by atoms with Gasteiger partial charge in [0.2, 0.25) is 0 Å². The fourth-order valence-corrected chi connectivity index (χ4v) is 2.29. The molecule has 2 atom stereocenters. The van der Waals surface area contributed by atoms with Crippen LogP contribution in [-0.4, -0.2) is 36.7 Å². The van der Waals surface area contributed by atoms with Gasteiger partial charge in [0, 0.05) is 31.8 Å². The molecule has 1 aliphatic heterocycles. The van der Waals surface area contributed by atoms with Crippen LogP contribution < -0.4 is 10.6 Å². The second kappa shape index (κ2) is 6.52. The highest BCUT2D eigenvalue weighted by Crippen LogP contribution is 2.20. The number of ether oxygens (including phenoxy) is 1. The topological polar surface area (TPSA) is 63.2 Å². The summed E-state index contributed by atoms with van der Waals surface area (Å²) in [5.74, 6) is 0.353. The maximum Gasteiger partial charge on any atom is 0.253 e. The summed E-state index contributed by atoms with van der Waals surface area (Å²) in [6.07, 6.45) is 4.56. The van der Waals surface area contributed by atoms with E-state index in [0.29, 0.717) is 18.0 Å². The Hall–Kier alpha value is -1.62. The molecule has 1 amide bonds. The monoisotopic (exact) mass is 263 g/mol. The molecule has 104 valence electrons. The fourth-order valence-electron chi connectivity index (χ4n) is 2.29. The summed E-state index contributed by atoms with van der Waals surface area (Å²) in [6, 6.07) is 1.74. The molecule has 1 aromatic rings. The summed E-state index contributed by atoms with van der Waals surface area (Å²) in [4.78, 5) is 16.2.